The van der Waals surface area contributed by atoms with Crippen molar-refractivity contribution in [3.63, 3.8) is 0 Å². The van der Waals surface area contributed by atoms with E-state index in [0.29, 0.717) is 21.5 Å². The summed E-state index contributed by atoms with van der Waals surface area (Å²) >= 11 is 1.26. The molecule has 1 amide bonds. The van der Waals surface area contributed by atoms with Gasteiger partial charge in [-0.2, -0.15) is 5.10 Å². The molecule has 0 bridgehead atoms. The number of benzene rings is 1. The van der Waals surface area contributed by atoms with Crippen molar-refractivity contribution in [1.29, 1.82) is 0 Å². The van der Waals surface area contributed by atoms with Gasteiger partial charge in [0.15, 0.2) is 12.3 Å². The lowest BCUT2D eigenvalue weighted by molar-refractivity contribution is -0.119. The third-order valence-corrected chi connectivity index (χ3v) is 5.15. The highest BCUT2D eigenvalue weighted by atomic mass is 32.1. The number of rotatable bonds is 5. The Labute approximate surface area is 158 Å². The number of anilines is 1. The normalized spacial score (nSPS) is 10.6. The Kier molecular flexibility index (Phi) is 5.22. The number of H-pyrrole nitrogens is 1. The number of nitrogens with zero attached hydrogens (tertiary/aromatic N) is 1. The highest BCUT2D eigenvalue weighted by molar-refractivity contribution is 7.16. The Bertz CT molecular complexity index is 1040. The first-order valence-electron chi connectivity index (χ1n) is 8.00. The van der Waals surface area contributed by atoms with Gasteiger partial charge in [-0.25, -0.2) is 9.59 Å². The fraction of sp³-hybridized carbons (Fsp3) is 0.222. The summed E-state index contributed by atoms with van der Waals surface area (Å²) in [6, 6.07) is 7.10. The molecule has 140 valence electrons. The number of hydrogen-bond donors (Lipinski definition) is 2. The standard InChI is InChI=1S/C18H17N3O5S/c1-9-10(2)27-16(14(9)17(23)25-3)19-13(22)8-26-18(24)15-11-6-4-5-7-12(11)20-21-15/h4-7H,8H2,1-3H3,(H,19,22)(H,20,21). The summed E-state index contributed by atoms with van der Waals surface area (Å²) in [6.45, 7) is 3.11. The number of aromatic amines is 1. The van der Waals surface area contributed by atoms with Crippen LogP contribution in [0.3, 0.4) is 0 Å². The van der Waals surface area contributed by atoms with Gasteiger partial charge >= 0.3 is 11.9 Å². The van der Waals surface area contributed by atoms with Crippen molar-refractivity contribution in [2.75, 3.05) is 19.0 Å². The van der Waals surface area contributed by atoms with Crippen LogP contribution in [0.15, 0.2) is 24.3 Å². The number of nitrogens with one attached hydrogen (secondary N) is 2. The van der Waals surface area contributed by atoms with E-state index >= 15 is 0 Å². The van der Waals surface area contributed by atoms with E-state index in [-0.39, 0.29) is 5.69 Å². The second-order valence-electron chi connectivity index (χ2n) is 5.72. The van der Waals surface area contributed by atoms with E-state index in [2.05, 4.69) is 15.5 Å². The highest BCUT2D eigenvalue weighted by Gasteiger charge is 2.22. The predicted octanol–water partition coefficient (Wildman–Crippen LogP) is 2.82. The lowest BCUT2D eigenvalue weighted by Crippen LogP contribution is -2.22. The summed E-state index contributed by atoms with van der Waals surface area (Å²) in [5, 5.41) is 10.2. The van der Waals surface area contributed by atoms with Crippen LogP contribution in [0.1, 0.15) is 31.3 Å². The first kappa shape index (κ1) is 18.6. The fourth-order valence-corrected chi connectivity index (χ4v) is 3.61. The van der Waals surface area contributed by atoms with E-state index < -0.39 is 24.5 Å². The van der Waals surface area contributed by atoms with E-state index in [4.69, 9.17) is 9.47 Å². The summed E-state index contributed by atoms with van der Waals surface area (Å²) in [5.41, 5.74) is 1.85. The number of para-hydroxylation sites is 1. The number of fused-ring (bicyclic) bond motifs is 1. The molecule has 0 radical (unpaired) electrons. The average molecular weight is 387 g/mol. The van der Waals surface area contributed by atoms with Crippen molar-refractivity contribution in [1.82, 2.24) is 10.2 Å². The van der Waals surface area contributed by atoms with Gasteiger partial charge in [0.05, 0.1) is 18.2 Å². The largest absolute Gasteiger partial charge is 0.465 e. The van der Waals surface area contributed by atoms with Crippen molar-refractivity contribution in [3.05, 3.63) is 46.0 Å². The van der Waals surface area contributed by atoms with E-state index in [1.54, 1.807) is 25.1 Å². The van der Waals surface area contributed by atoms with Crippen LogP contribution in [0.5, 0.6) is 0 Å². The van der Waals surface area contributed by atoms with Crippen molar-refractivity contribution >= 4 is 45.1 Å². The van der Waals surface area contributed by atoms with Gasteiger partial charge < -0.3 is 14.8 Å². The van der Waals surface area contributed by atoms with Gasteiger partial charge in [-0.15, -0.1) is 11.3 Å². The molecule has 0 fully saturated rings. The molecule has 0 atom stereocenters. The number of esters is 2. The molecule has 0 aliphatic carbocycles. The molecule has 0 saturated carbocycles. The van der Waals surface area contributed by atoms with Gasteiger partial charge in [-0.1, -0.05) is 18.2 Å². The van der Waals surface area contributed by atoms with Gasteiger partial charge in [0.2, 0.25) is 0 Å². The maximum Gasteiger partial charge on any atom is 0.359 e. The van der Waals surface area contributed by atoms with Gasteiger partial charge in [0.25, 0.3) is 5.91 Å². The zero-order chi connectivity index (χ0) is 19.6. The lowest BCUT2D eigenvalue weighted by Gasteiger charge is -2.06. The third-order valence-electron chi connectivity index (χ3n) is 4.03. The molecular formula is C18H17N3O5S. The molecule has 2 N–H and O–H groups in total. The minimum atomic E-state index is -0.714. The molecule has 9 heteroatoms. The Hall–Kier alpha value is -3.20. The van der Waals surface area contributed by atoms with Gasteiger partial charge in [-0.3, -0.25) is 9.89 Å². The zero-order valence-electron chi connectivity index (χ0n) is 14.9. The van der Waals surface area contributed by atoms with Crippen LogP contribution >= 0.6 is 11.3 Å². The minimum Gasteiger partial charge on any atom is -0.465 e. The Morgan fingerprint density at radius 1 is 1.19 bits per heavy atom. The number of aryl methyl sites for hydroxylation is 1. The number of hydrogen-bond acceptors (Lipinski definition) is 7. The predicted molar refractivity (Wildman–Crippen MR) is 100 cm³/mol. The fourth-order valence-electron chi connectivity index (χ4n) is 2.54. The maximum absolute atomic E-state index is 12.2. The van der Waals surface area contributed by atoms with Crippen molar-refractivity contribution in [2.45, 2.75) is 13.8 Å². The summed E-state index contributed by atoms with van der Waals surface area (Å²) in [4.78, 5) is 37.2. The molecule has 2 heterocycles. The highest BCUT2D eigenvalue weighted by Crippen LogP contribution is 2.32. The van der Waals surface area contributed by atoms with E-state index in [0.717, 1.165) is 10.4 Å². The first-order chi connectivity index (χ1) is 12.9. The molecule has 27 heavy (non-hydrogen) atoms. The van der Waals surface area contributed by atoms with Crippen LogP contribution in [0.4, 0.5) is 5.00 Å². The molecule has 0 unspecified atom stereocenters. The van der Waals surface area contributed by atoms with Crippen LogP contribution in [0.2, 0.25) is 0 Å². The summed E-state index contributed by atoms with van der Waals surface area (Å²) in [5.74, 6) is -1.81. The Balaban J connectivity index is 1.68. The van der Waals surface area contributed by atoms with Crippen molar-refractivity contribution < 1.29 is 23.9 Å². The topological polar surface area (TPSA) is 110 Å². The van der Waals surface area contributed by atoms with Gasteiger partial charge in [-0.05, 0) is 25.5 Å². The van der Waals surface area contributed by atoms with Crippen LogP contribution in [0.25, 0.3) is 10.9 Å². The molecule has 3 rings (SSSR count). The SMILES string of the molecule is COC(=O)c1c(NC(=O)COC(=O)c2n[nH]c3ccccc23)sc(C)c1C. The van der Waals surface area contributed by atoms with Crippen LogP contribution < -0.4 is 5.32 Å². The number of aromatic nitrogens is 2. The Morgan fingerprint density at radius 2 is 1.93 bits per heavy atom. The number of ether oxygens (including phenoxy) is 2. The van der Waals surface area contributed by atoms with E-state index in [1.807, 2.05) is 13.0 Å². The second-order valence-corrected chi connectivity index (χ2v) is 6.95. The Morgan fingerprint density at radius 3 is 2.67 bits per heavy atom. The number of methoxy groups -OCH3 is 1. The smallest absolute Gasteiger partial charge is 0.359 e. The van der Waals surface area contributed by atoms with Crippen molar-refractivity contribution in [2.24, 2.45) is 0 Å². The molecule has 8 nitrogen and oxygen atoms in total. The minimum absolute atomic E-state index is 0.108. The molecule has 0 aliphatic heterocycles. The number of carbonyl (C=O) groups is 3. The number of carbonyl (C=O) groups excluding carboxylic acids is 3. The van der Waals surface area contributed by atoms with E-state index in [1.165, 1.54) is 18.4 Å². The molecular weight excluding hydrogens is 370 g/mol. The maximum atomic E-state index is 12.2. The third kappa shape index (κ3) is 3.68. The summed E-state index contributed by atoms with van der Waals surface area (Å²) in [7, 11) is 1.27. The first-order valence-corrected chi connectivity index (χ1v) is 8.82. The monoisotopic (exact) mass is 387 g/mol. The van der Waals surface area contributed by atoms with Crippen LogP contribution in [0, 0.1) is 13.8 Å². The summed E-state index contributed by atoms with van der Waals surface area (Å²) < 4.78 is 9.81. The molecule has 0 spiro atoms. The van der Waals surface area contributed by atoms with Crippen LogP contribution in [-0.4, -0.2) is 41.8 Å². The van der Waals surface area contributed by atoms with E-state index in [9.17, 15) is 14.4 Å². The summed E-state index contributed by atoms with van der Waals surface area (Å²) in [6.07, 6.45) is 0. The molecule has 3 aromatic rings. The lowest BCUT2D eigenvalue weighted by atomic mass is 10.1. The molecule has 0 aliphatic rings. The number of amides is 1. The molecule has 0 saturated heterocycles. The zero-order valence-corrected chi connectivity index (χ0v) is 15.7. The average Bonchev–Trinajstić information content (AvgIpc) is 3.20. The van der Waals surface area contributed by atoms with Crippen LogP contribution in [-0.2, 0) is 14.3 Å². The van der Waals surface area contributed by atoms with Crippen molar-refractivity contribution in [3.8, 4) is 0 Å². The number of thiophene rings is 1. The van der Waals surface area contributed by atoms with Gasteiger partial charge in [0.1, 0.15) is 5.00 Å². The quantitative estimate of drug-likeness (QED) is 0.652. The molecule has 2 aromatic heterocycles. The molecule has 1 aromatic carbocycles. The second kappa shape index (κ2) is 7.58. The van der Waals surface area contributed by atoms with Gasteiger partial charge in [0, 0.05) is 10.3 Å².